The van der Waals surface area contributed by atoms with Crippen LogP contribution in [0.25, 0.3) is 15.8 Å². The van der Waals surface area contributed by atoms with E-state index in [1.165, 1.54) is 6.07 Å². The van der Waals surface area contributed by atoms with Gasteiger partial charge in [-0.3, -0.25) is 4.79 Å². The van der Waals surface area contributed by atoms with Gasteiger partial charge in [0, 0.05) is 12.6 Å². The van der Waals surface area contributed by atoms with Crippen molar-refractivity contribution in [2.45, 2.75) is 25.1 Å². The highest BCUT2D eigenvalue weighted by atomic mass is 32.1. The number of nitrogens with zero attached hydrogens (tertiary/aromatic N) is 1. The van der Waals surface area contributed by atoms with Gasteiger partial charge in [0.25, 0.3) is 5.91 Å². The van der Waals surface area contributed by atoms with Crippen LogP contribution in [-0.2, 0) is 11.0 Å². The summed E-state index contributed by atoms with van der Waals surface area (Å²) in [6.45, 7) is 1.62. The predicted molar refractivity (Wildman–Crippen MR) is 94.0 cm³/mol. The highest BCUT2D eigenvalue weighted by Crippen LogP contribution is 2.34. The van der Waals surface area contributed by atoms with Gasteiger partial charge in [0.05, 0.1) is 15.8 Å². The third-order valence-corrected chi connectivity index (χ3v) is 5.15. The van der Waals surface area contributed by atoms with Crippen LogP contribution in [0.3, 0.4) is 0 Å². The molecule has 6 N–H and O–H groups in total. The van der Waals surface area contributed by atoms with E-state index in [0.717, 1.165) is 42.9 Å². The average molecular weight is 385 g/mol. The molecule has 3 rings (SSSR count). The first kappa shape index (κ1) is 18.5. The minimum atomic E-state index is -4.46. The monoisotopic (exact) mass is 385 g/mol. The number of piperidine rings is 1. The Kier molecular flexibility index (Phi) is 5.05. The molecule has 6 nitrogen and oxygen atoms in total. The van der Waals surface area contributed by atoms with Crippen LogP contribution in [0, 0.1) is 0 Å². The SMILES string of the molecule is NC(=O)/C(=C(\N)NC1CCCNC1)c1nc2cc(C(F)(F)F)ccc2s1. The minimum absolute atomic E-state index is 0.00895. The topological polar surface area (TPSA) is 106 Å². The third kappa shape index (κ3) is 3.91. The molecule has 2 heterocycles. The van der Waals surface area contributed by atoms with Crippen LogP contribution < -0.4 is 22.1 Å². The largest absolute Gasteiger partial charge is 0.416 e. The maximum Gasteiger partial charge on any atom is 0.416 e. The first-order chi connectivity index (χ1) is 12.3. The maximum absolute atomic E-state index is 12.9. The minimum Gasteiger partial charge on any atom is -0.385 e. The number of primary amides is 1. The molecule has 1 aromatic heterocycles. The molecule has 0 saturated carbocycles. The number of aromatic nitrogens is 1. The number of fused-ring (bicyclic) bond motifs is 1. The van der Waals surface area contributed by atoms with Crippen LogP contribution in [0.15, 0.2) is 24.0 Å². The Bertz CT molecular complexity index is 855. The Morgan fingerprint density at radius 3 is 2.73 bits per heavy atom. The Morgan fingerprint density at radius 2 is 2.12 bits per heavy atom. The van der Waals surface area contributed by atoms with Crippen LogP contribution in [0.2, 0.25) is 0 Å². The lowest BCUT2D eigenvalue weighted by molar-refractivity contribution is -0.137. The smallest absolute Gasteiger partial charge is 0.385 e. The van der Waals surface area contributed by atoms with Gasteiger partial charge < -0.3 is 22.1 Å². The Morgan fingerprint density at radius 1 is 1.35 bits per heavy atom. The summed E-state index contributed by atoms with van der Waals surface area (Å²) in [7, 11) is 0. The molecule has 1 aliphatic heterocycles. The van der Waals surface area contributed by atoms with Crippen molar-refractivity contribution in [1.82, 2.24) is 15.6 Å². The molecule has 1 saturated heterocycles. The number of carbonyl (C=O) groups is 1. The fourth-order valence-corrected chi connectivity index (χ4v) is 3.84. The molecule has 1 fully saturated rings. The van der Waals surface area contributed by atoms with Gasteiger partial charge in [-0.05, 0) is 37.6 Å². The Balaban J connectivity index is 1.96. The lowest BCUT2D eigenvalue weighted by atomic mass is 10.1. The number of thiazole rings is 1. The van der Waals surface area contributed by atoms with Crippen molar-refractivity contribution in [1.29, 1.82) is 0 Å². The van der Waals surface area contributed by atoms with Gasteiger partial charge in [-0.2, -0.15) is 13.2 Å². The fraction of sp³-hybridized carbons (Fsp3) is 0.375. The van der Waals surface area contributed by atoms with Gasteiger partial charge in [0.15, 0.2) is 0 Å². The second-order valence-electron chi connectivity index (χ2n) is 6.04. The van der Waals surface area contributed by atoms with Gasteiger partial charge in [0.2, 0.25) is 0 Å². The molecule has 0 radical (unpaired) electrons. The zero-order valence-electron chi connectivity index (χ0n) is 13.7. The molecule has 0 bridgehead atoms. The first-order valence-corrected chi connectivity index (χ1v) is 8.82. The fourth-order valence-electron chi connectivity index (χ4n) is 2.83. The lowest BCUT2D eigenvalue weighted by Crippen LogP contribution is -2.44. The van der Waals surface area contributed by atoms with Gasteiger partial charge in [-0.1, -0.05) is 0 Å². The zero-order chi connectivity index (χ0) is 18.9. The van der Waals surface area contributed by atoms with E-state index in [0.29, 0.717) is 11.2 Å². The number of amides is 1. The first-order valence-electron chi connectivity index (χ1n) is 8.00. The number of alkyl halides is 3. The molecule has 1 amide bonds. The van der Waals surface area contributed by atoms with E-state index in [9.17, 15) is 18.0 Å². The van der Waals surface area contributed by atoms with Crippen molar-refractivity contribution >= 4 is 33.0 Å². The van der Waals surface area contributed by atoms with E-state index in [4.69, 9.17) is 11.5 Å². The summed E-state index contributed by atoms with van der Waals surface area (Å²) in [5.74, 6) is -0.699. The second kappa shape index (κ2) is 7.12. The Labute approximate surface area is 151 Å². The van der Waals surface area contributed by atoms with E-state index in [1.54, 1.807) is 0 Å². The molecule has 1 atom stereocenters. The van der Waals surface area contributed by atoms with Crippen LogP contribution in [0.4, 0.5) is 13.2 Å². The van der Waals surface area contributed by atoms with Crippen molar-refractivity contribution in [3.63, 3.8) is 0 Å². The van der Waals surface area contributed by atoms with Crippen molar-refractivity contribution in [3.8, 4) is 0 Å². The third-order valence-electron chi connectivity index (χ3n) is 4.10. The normalized spacial score (nSPS) is 19.3. The number of hydrogen-bond acceptors (Lipinski definition) is 6. The number of benzene rings is 1. The summed E-state index contributed by atoms with van der Waals surface area (Å²) >= 11 is 1.07. The summed E-state index contributed by atoms with van der Waals surface area (Å²) < 4.78 is 39.1. The van der Waals surface area contributed by atoms with Crippen molar-refractivity contribution in [2.24, 2.45) is 11.5 Å². The number of carbonyl (C=O) groups excluding carboxylic acids is 1. The van der Waals surface area contributed by atoms with Gasteiger partial charge in [0.1, 0.15) is 16.4 Å². The number of halogens is 3. The van der Waals surface area contributed by atoms with E-state index in [-0.39, 0.29) is 28.0 Å². The lowest BCUT2D eigenvalue weighted by Gasteiger charge is -2.25. The summed E-state index contributed by atoms with van der Waals surface area (Å²) in [5, 5.41) is 6.47. The number of nitrogens with one attached hydrogen (secondary N) is 2. The predicted octanol–water partition coefficient (Wildman–Crippen LogP) is 1.77. The molecule has 1 unspecified atom stereocenters. The second-order valence-corrected chi connectivity index (χ2v) is 7.07. The highest BCUT2D eigenvalue weighted by Gasteiger charge is 2.31. The van der Waals surface area contributed by atoms with E-state index in [1.807, 2.05) is 0 Å². The average Bonchev–Trinajstić information content (AvgIpc) is 2.96. The van der Waals surface area contributed by atoms with Gasteiger partial charge >= 0.3 is 6.18 Å². The Hall–Kier alpha value is -2.33. The van der Waals surface area contributed by atoms with E-state index < -0.39 is 17.6 Å². The summed E-state index contributed by atoms with van der Waals surface area (Å²) in [6, 6.07) is 3.30. The quantitative estimate of drug-likeness (QED) is 0.600. The molecule has 1 aliphatic rings. The van der Waals surface area contributed by atoms with Gasteiger partial charge in [-0.15, -0.1) is 11.3 Å². The molecule has 0 spiro atoms. The molecule has 140 valence electrons. The highest BCUT2D eigenvalue weighted by molar-refractivity contribution is 7.19. The molecular weight excluding hydrogens is 367 g/mol. The summed E-state index contributed by atoms with van der Waals surface area (Å²) in [4.78, 5) is 16.0. The maximum atomic E-state index is 12.9. The molecule has 2 aromatic rings. The van der Waals surface area contributed by atoms with Crippen LogP contribution in [0.5, 0.6) is 0 Å². The van der Waals surface area contributed by atoms with Crippen LogP contribution >= 0.6 is 11.3 Å². The molecule has 0 aliphatic carbocycles. The van der Waals surface area contributed by atoms with Crippen LogP contribution in [-0.4, -0.2) is 30.0 Å². The van der Waals surface area contributed by atoms with Crippen molar-refractivity contribution in [2.75, 3.05) is 13.1 Å². The van der Waals surface area contributed by atoms with Crippen LogP contribution in [0.1, 0.15) is 23.4 Å². The summed E-state index contributed by atoms with van der Waals surface area (Å²) in [5.41, 5.74) is 10.8. The molecule has 1 aromatic carbocycles. The van der Waals surface area contributed by atoms with E-state index >= 15 is 0 Å². The van der Waals surface area contributed by atoms with Crippen molar-refractivity contribution < 1.29 is 18.0 Å². The zero-order valence-corrected chi connectivity index (χ0v) is 14.5. The van der Waals surface area contributed by atoms with Crippen molar-refractivity contribution in [3.05, 3.63) is 34.6 Å². The number of hydrogen-bond donors (Lipinski definition) is 4. The summed E-state index contributed by atoms with van der Waals surface area (Å²) in [6.07, 6.45) is -2.61. The van der Waals surface area contributed by atoms with E-state index in [2.05, 4.69) is 15.6 Å². The number of rotatable bonds is 4. The molecule has 26 heavy (non-hydrogen) atoms. The number of nitrogens with two attached hydrogens (primary N) is 2. The molecule has 10 heteroatoms. The van der Waals surface area contributed by atoms with Gasteiger partial charge in [-0.25, -0.2) is 4.98 Å². The molecular formula is C16H18F3N5OS. The standard InChI is InChI=1S/C16H18F3N5OS/c17-16(18,19)8-3-4-11-10(6-8)24-15(26-11)12(14(21)25)13(20)23-9-2-1-5-22-7-9/h3-4,6,9,22-23H,1-2,5,7,20H2,(H2,21,25)/b13-12-.